The number of sulfone groups is 1. The summed E-state index contributed by atoms with van der Waals surface area (Å²) in [5, 5.41) is 7.62. The third-order valence-electron chi connectivity index (χ3n) is 5.47. The first-order valence-corrected chi connectivity index (χ1v) is 12.4. The average molecular weight is 461 g/mol. The van der Waals surface area contributed by atoms with Gasteiger partial charge in [-0.05, 0) is 17.2 Å². The Labute approximate surface area is 186 Å². The summed E-state index contributed by atoms with van der Waals surface area (Å²) in [6, 6.07) is 12.0. The van der Waals surface area contributed by atoms with Crippen LogP contribution in [0.2, 0.25) is 5.02 Å². The molecule has 31 heavy (non-hydrogen) atoms. The predicted molar refractivity (Wildman–Crippen MR) is 123 cm³/mol. The molecule has 3 heterocycles. The number of rotatable bonds is 5. The molecule has 0 atom stereocenters. The van der Waals surface area contributed by atoms with E-state index in [-0.39, 0.29) is 23.3 Å². The number of benzene rings is 1. The van der Waals surface area contributed by atoms with E-state index in [1.807, 2.05) is 50.2 Å². The third kappa shape index (κ3) is 4.76. The van der Waals surface area contributed by atoms with Crippen LogP contribution in [0.15, 0.2) is 42.6 Å². The fourth-order valence-corrected chi connectivity index (χ4v) is 5.14. The van der Waals surface area contributed by atoms with E-state index in [2.05, 4.69) is 15.3 Å². The van der Waals surface area contributed by atoms with Crippen molar-refractivity contribution in [1.82, 2.24) is 14.5 Å². The summed E-state index contributed by atoms with van der Waals surface area (Å²) in [6.07, 6.45) is 1.80. The van der Waals surface area contributed by atoms with Crippen LogP contribution in [0.3, 0.4) is 0 Å². The Morgan fingerprint density at radius 3 is 2.48 bits per heavy atom. The van der Waals surface area contributed by atoms with Crippen molar-refractivity contribution in [1.29, 1.82) is 0 Å². The molecule has 164 valence electrons. The first-order chi connectivity index (χ1) is 14.7. The molecule has 0 saturated carbocycles. The SMILES string of the molecule is CC(C)C(=O)Nc1nn2cccc(-c3ccc(CN4CCS(=O)(=O)CC4)cc3)c2c1Cl. The number of amides is 1. The first-order valence-electron chi connectivity index (χ1n) is 10.2. The van der Waals surface area contributed by atoms with E-state index in [9.17, 15) is 13.2 Å². The van der Waals surface area contributed by atoms with E-state index >= 15 is 0 Å². The standard InChI is InChI=1S/C22H25ClN4O3S/c1-15(2)22(28)24-21-19(23)20-18(4-3-9-27(20)25-21)17-7-5-16(6-8-17)14-26-10-12-31(29,30)13-11-26/h3-9,15H,10-14H2,1-2H3,(H,24,25,28). The van der Waals surface area contributed by atoms with Crippen molar-refractivity contribution < 1.29 is 13.2 Å². The normalized spacial score (nSPS) is 16.6. The number of hydrogen-bond donors (Lipinski definition) is 1. The summed E-state index contributed by atoms with van der Waals surface area (Å²) in [6.45, 7) is 5.49. The van der Waals surface area contributed by atoms with Gasteiger partial charge < -0.3 is 5.32 Å². The molecule has 0 radical (unpaired) electrons. The lowest BCUT2D eigenvalue weighted by molar-refractivity contribution is -0.118. The number of aromatic nitrogens is 2. The zero-order chi connectivity index (χ0) is 22.2. The Kier molecular flexibility index (Phi) is 6.05. The van der Waals surface area contributed by atoms with E-state index in [4.69, 9.17) is 11.6 Å². The highest BCUT2D eigenvalue weighted by atomic mass is 35.5. The number of anilines is 1. The summed E-state index contributed by atoms with van der Waals surface area (Å²) in [4.78, 5) is 14.2. The second kappa shape index (κ2) is 8.61. The van der Waals surface area contributed by atoms with Gasteiger partial charge in [0, 0.05) is 37.3 Å². The molecular weight excluding hydrogens is 436 g/mol. The van der Waals surface area contributed by atoms with Crippen molar-refractivity contribution in [2.75, 3.05) is 29.9 Å². The van der Waals surface area contributed by atoms with Crippen LogP contribution in [0.1, 0.15) is 19.4 Å². The summed E-state index contributed by atoms with van der Waals surface area (Å²) in [5.41, 5.74) is 3.76. The number of halogens is 1. The van der Waals surface area contributed by atoms with Gasteiger partial charge in [-0.15, -0.1) is 5.10 Å². The number of nitrogens with zero attached hydrogens (tertiary/aromatic N) is 3. The molecule has 1 saturated heterocycles. The smallest absolute Gasteiger partial charge is 0.228 e. The van der Waals surface area contributed by atoms with Gasteiger partial charge in [-0.3, -0.25) is 9.69 Å². The Balaban J connectivity index is 1.57. The van der Waals surface area contributed by atoms with Crippen molar-refractivity contribution in [3.8, 4) is 11.1 Å². The number of nitrogens with one attached hydrogen (secondary N) is 1. The third-order valence-corrected chi connectivity index (χ3v) is 7.44. The van der Waals surface area contributed by atoms with Crippen LogP contribution in [-0.2, 0) is 21.2 Å². The maximum Gasteiger partial charge on any atom is 0.228 e. The van der Waals surface area contributed by atoms with Gasteiger partial charge in [0.2, 0.25) is 5.91 Å². The molecule has 1 aliphatic heterocycles. The number of hydrogen-bond acceptors (Lipinski definition) is 5. The highest BCUT2D eigenvalue weighted by molar-refractivity contribution is 7.91. The molecule has 2 aromatic heterocycles. The molecule has 1 aliphatic rings. The van der Waals surface area contributed by atoms with E-state index in [1.165, 1.54) is 0 Å². The minimum Gasteiger partial charge on any atom is -0.308 e. The van der Waals surface area contributed by atoms with Gasteiger partial charge in [0.25, 0.3) is 0 Å². The zero-order valence-corrected chi connectivity index (χ0v) is 19.1. The number of carbonyl (C=O) groups is 1. The highest BCUT2D eigenvalue weighted by Crippen LogP contribution is 2.34. The van der Waals surface area contributed by atoms with Crippen molar-refractivity contribution in [3.05, 3.63) is 53.2 Å². The van der Waals surface area contributed by atoms with Crippen LogP contribution in [0.4, 0.5) is 5.82 Å². The van der Waals surface area contributed by atoms with Crippen LogP contribution in [0, 0.1) is 5.92 Å². The Morgan fingerprint density at radius 1 is 1.16 bits per heavy atom. The van der Waals surface area contributed by atoms with Gasteiger partial charge in [-0.1, -0.05) is 55.8 Å². The number of fused-ring (bicyclic) bond motifs is 1. The fraction of sp³-hybridized carbons (Fsp3) is 0.364. The van der Waals surface area contributed by atoms with Crippen LogP contribution >= 0.6 is 11.6 Å². The van der Waals surface area contributed by atoms with E-state index < -0.39 is 9.84 Å². The maximum absolute atomic E-state index is 12.1. The van der Waals surface area contributed by atoms with Gasteiger partial charge >= 0.3 is 0 Å². The minimum atomic E-state index is -2.87. The molecule has 7 nitrogen and oxygen atoms in total. The number of pyridine rings is 1. The molecule has 1 fully saturated rings. The second-order valence-electron chi connectivity index (χ2n) is 8.15. The topological polar surface area (TPSA) is 83.8 Å². The molecule has 0 bridgehead atoms. The zero-order valence-electron chi connectivity index (χ0n) is 17.5. The van der Waals surface area contributed by atoms with E-state index in [0.717, 1.165) is 28.8 Å². The van der Waals surface area contributed by atoms with Crippen molar-refractivity contribution >= 4 is 38.7 Å². The van der Waals surface area contributed by atoms with Gasteiger partial charge in [0.1, 0.15) is 5.02 Å². The predicted octanol–water partition coefficient (Wildman–Crippen LogP) is 3.48. The van der Waals surface area contributed by atoms with Gasteiger partial charge in [-0.2, -0.15) is 0 Å². The highest BCUT2D eigenvalue weighted by Gasteiger charge is 2.22. The summed E-state index contributed by atoms with van der Waals surface area (Å²) in [7, 11) is -2.87. The van der Waals surface area contributed by atoms with Crippen LogP contribution in [0.25, 0.3) is 16.6 Å². The van der Waals surface area contributed by atoms with Gasteiger partial charge in [0.15, 0.2) is 15.7 Å². The van der Waals surface area contributed by atoms with Crippen molar-refractivity contribution in [2.24, 2.45) is 5.92 Å². The molecular formula is C22H25ClN4O3S. The monoisotopic (exact) mass is 460 g/mol. The molecule has 9 heteroatoms. The van der Waals surface area contributed by atoms with Gasteiger partial charge in [-0.25, -0.2) is 12.9 Å². The average Bonchev–Trinajstić information content (AvgIpc) is 3.05. The summed E-state index contributed by atoms with van der Waals surface area (Å²) in [5.74, 6) is 0.490. The Hall–Kier alpha value is -2.42. The van der Waals surface area contributed by atoms with Crippen molar-refractivity contribution in [2.45, 2.75) is 20.4 Å². The number of carbonyl (C=O) groups excluding carboxylic acids is 1. The quantitative estimate of drug-likeness (QED) is 0.630. The largest absolute Gasteiger partial charge is 0.308 e. The maximum atomic E-state index is 12.1. The molecule has 1 N–H and O–H groups in total. The Bertz CT molecular complexity index is 1210. The lowest BCUT2D eigenvalue weighted by Crippen LogP contribution is -2.39. The Morgan fingerprint density at radius 2 is 1.84 bits per heavy atom. The molecule has 0 spiro atoms. The van der Waals surface area contributed by atoms with Crippen LogP contribution in [-0.4, -0.2) is 53.4 Å². The fourth-order valence-electron chi connectivity index (χ4n) is 3.59. The molecule has 3 aromatic rings. The van der Waals surface area contributed by atoms with Crippen LogP contribution < -0.4 is 5.32 Å². The molecule has 0 aliphatic carbocycles. The summed E-state index contributed by atoms with van der Waals surface area (Å²) < 4.78 is 24.9. The summed E-state index contributed by atoms with van der Waals surface area (Å²) >= 11 is 6.59. The van der Waals surface area contributed by atoms with E-state index in [0.29, 0.717) is 23.9 Å². The van der Waals surface area contributed by atoms with Crippen LogP contribution in [0.5, 0.6) is 0 Å². The van der Waals surface area contributed by atoms with E-state index in [1.54, 1.807) is 10.7 Å². The molecule has 1 aromatic carbocycles. The molecule has 0 unspecified atom stereocenters. The van der Waals surface area contributed by atoms with Crippen molar-refractivity contribution in [3.63, 3.8) is 0 Å². The van der Waals surface area contributed by atoms with Gasteiger partial charge in [0.05, 0.1) is 17.0 Å². The lowest BCUT2D eigenvalue weighted by atomic mass is 10.0. The molecule has 4 rings (SSSR count). The lowest BCUT2D eigenvalue weighted by Gasteiger charge is -2.26. The first kappa shape index (κ1) is 21.8. The second-order valence-corrected chi connectivity index (χ2v) is 10.8. The minimum absolute atomic E-state index is 0.137. The molecule has 1 amide bonds.